The average molecular weight is 742 g/mol. The Bertz CT molecular complexity index is 1640. The largest absolute Gasteiger partial charge is 0.462 e. The molecule has 12 heteroatoms. The standard InChI is InChI=1S/C42H51N3O9/c1-3-5-20-38(45-42(50)54-29-37-35-18-11-9-16-33(35)34-17-10-12-19-36(34)37)41(49)53-28-32(27-52-26-30-14-7-6-8-15-30)44-40(48)31(13-4-2)25-39(47)43-21-23-51-24-22-46/h3-4,6-12,14-19,31-32,37-38,46H,1-2,5,13,20-29H2,(H,43,47)(H,44,48)(H,45,50). The summed E-state index contributed by atoms with van der Waals surface area (Å²) >= 11 is 0. The molecule has 1 aliphatic rings. The second kappa shape index (κ2) is 22.7. The van der Waals surface area contributed by atoms with Crippen molar-refractivity contribution >= 4 is 23.9 Å². The SMILES string of the molecule is C=CCCC(NC(=O)OCC1c2ccccc2-c2ccccc21)C(=O)OCC(COCc1ccccc1)NC(=O)C(CC=C)CC(=O)NCCOCCO. The number of alkyl carbamates (subject to hydrolysis) is 1. The maximum Gasteiger partial charge on any atom is 0.407 e. The van der Waals surface area contributed by atoms with Crippen LogP contribution < -0.4 is 16.0 Å². The maximum atomic E-state index is 13.5. The summed E-state index contributed by atoms with van der Waals surface area (Å²) in [7, 11) is 0. The highest BCUT2D eigenvalue weighted by Crippen LogP contribution is 2.44. The van der Waals surface area contributed by atoms with Crippen molar-refractivity contribution in [1.29, 1.82) is 0 Å². The second-order valence-corrected chi connectivity index (χ2v) is 12.8. The topological polar surface area (TPSA) is 162 Å². The molecule has 0 saturated heterocycles. The summed E-state index contributed by atoms with van der Waals surface area (Å²) in [6.45, 7) is 8.04. The van der Waals surface area contributed by atoms with Crippen molar-refractivity contribution < 1.29 is 43.2 Å². The minimum Gasteiger partial charge on any atom is -0.462 e. The van der Waals surface area contributed by atoms with Gasteiger partial charge in [0.1, 0.15) is 19.3 Å². The highest BCUT2D eigenvalue weighted by Gasteiger charge is 2.31. The number of benzene rings is 3. The third-order valence-corrected chi connectivity index (χ3v) is 8.84. The van der Waals surface area contributed by atoms with E-state index in [1.54, 1.807) is 12.2 Å². The zero-order chi connectivity index (χ0) is 38.5. The number of hydrogen-bond acceptors (Lipinski definition) is 9. The number of rotatable bonds is 24. The highest BCUT2D eigenvalue weighted by molar-refractivity contribution is 5.86. The summed E-state index contributed by atoms with van der Waals surface area (Å²) in [5, 5.41) is 17.1. The Morgan fingerprint density at radius 3 is 2.15 bits per heavy atom. The molecule has 0 heterocycles. The Morgan fingerprint density at radius 1 is 0.796 bits per heavy atom. The van der Waals surface area contributed by atoms with Crippen molar-refractivity contribution in [2.75, 3.05) is 46.2 Å². The van der Waals surface area contributed by atoms with Gasteiger partial charge < -0.3 is 40.0 Å². The number of aliphatic hydroxyl groups excluding tert-OH is 1. The van der Waals surface area contributed by atoms with Gasteiger partial charge in [-0.3, -0.25) is 9.59 Å². The molecule has 0 fully saturated rings. The molecule has 0 aliphatic heterocycles. The maximum absolute atomic E-state index is 13.5. The Kier molecular flexibility index (Phi) is 17.4. The third-order valence-electron chi connectivity index (χ3n) is 8.84. The molecule has 1 aliphatic carbocycles. The molecule has 0 radical (unpaired) electrons. The van der Waals surface area contributed by atoms with Crippen molar-refractivity contribution in [3.63, 3.8) is 0 Å². The van der Waals surface area contributed by atoms with Crippen molar-refractivity contribution in [3.05, 3.63) is 121 Å². The zero-order valence-corrected chi connectivity index (χ0v) is 30.6. The lowest BCUT2D eigenvalue weighted by Crippen LogP contribution is -2.47. The Balaban J connectivity index is 1.36. The summed E-state index contributed by atoms with van der Waals surface area (Å²) < 4.78 is 22.4. The summed E-state index contributed by atoms with van der Waals surface area (Å²) in [5.74, 6) is -2.39. The van der Waals surface area contributed by atoms with E-state index in [2.05, 4.69) is 29.1 Å². The van der Waals surface area contributed by atoms with E-state index in [4.69, 9.17) is 24.1 Å². The molecular weight excluding hydrogens is 690 g/mol. The molecule has 4 N–H and O–H groups in total. The second-order valence-electron chi connectivity index (χ2n) is 12.8. The molecule has 0 saturated carbocycles. The van der Waals surface area contributed by atoms with E-state index in [0.717, 1.165) is 27.8 Å². The van der Waals surface area contributed by atoms with Gasteiger partial charge in [-0.25, -0.2) is 9.59 Å². The van der Waals surface area contributed by atoms with Crippen LogP contribution in [0.2, 0.25) is 0 Å². The van der Waals surface area contributed by atoms with Crippen molar-refractivity contribution in [1.82, 2.24) is 16.0 Å². The number of ether oxygens (including phenoxy) is 4. The van der Waals surface area contributed by atoms with Gasteiger partial charge in [0.25, 0.3) is 0 Å². The molecule has 12 nitrogen and oxygen atoms in total. The van der Waals surface area contributed by atoms with E-state index in [0.29, 0.717) is 6.42 Å². The van der Waals surface area contributed by atoms with Crippen LogP contribution in [0.5, 0.6) is 0 Å². The molecule has 0 bridgehead atoms. The smallest absolute Gasteiger partial charge is 0.407 e. The van der Waals surface area contributed by atoms with Gasteiger partial charge in [-0.15, -0.1) is 13.2 Å². The van der Waals surface area contributed by atoms with Gasteiger partial charge in [-0.2, -0.15) is 0 Å². The van der Waals surface area contributed by atoms with Gasteiger partial charge in [-0.05, 0) is 47.1 Å². The molecule has 288 valence electrons. The number of allylic oxidation sites excluding steroid dienone is 2. The summed E-state index contributed by atoms with van der Waals surface area (Å²) in [6, 6.07) is 23.7. The van der Waals surface area contributed by atoms with Crippen molar-refractivity contribution in [3.8, 4) is 11.1 Å². The van der Waals surface area contributed by atoms with Crippen LogP contribution in [0.15, 0.2) is 104 Å². The van der Waals surface area contributed by atoms with Crippen LogP contribution in [0.1, 0.15) is 48.3 Å². The van der Waals surface area contributed by atoms with E-state index in [9.17, 15) is 19.2 Å². The first-order chi connectivity index (χ1) is 26.3. The van der Waals surface area contributed by atoms with E-state index >= 15 is 0 Å². The van der Waals surface area contributed by atoms with E-state index < -0.39 is 36.0 Å². The fourth-order valence-electron chi connectivity index (χ4n) is 6.15. The molecule has 3 amide bonds. The number of carbonyl (C=O) groups excluding carboxylic acids is 4. The lowest BCUT2D eigenvalue weighted by molar-refractivity contribution is -0.148. The minimum absolute atomic E-state index is 0.000245. The Labute approximate surface area is 316 Å². The first-order valence-corrected chi connectivity index (χ1v) is 18.2. The molecule has 0 aromatic heterocycles. The molecule has 3 aromatic carbocycles. The lowest BCUT2D eigenvalue weighted by atomic mass is 9.98. The first-order valence-electron chi connectivity index (χ1n) is 18.2. The molecule has 3 unspecified atom stereocenters. The van der Waals surface area contributed by atoms with Crippen LogP contribution in [0.25, 0.3) is 11.1 Å². The molecule has 3 atom stereocenters. The van der Waals surface area contributed by atoms with Crippen molar-refractivity contribution in [2.24, 2.45) is 5.92 Å². The number of aliphatic hydroxyl groups is 1. The summed E-state index contributed by atoms with van der Waals surface area (Å²) in [6.07, 6.45) is 3.19. The fraction of sp³-hybridized carbons (Fsp3) is 0.381. The summed E-state index contributed by atoms with van der Waals surface area (Å²) in [4.78, 5) is 52.6. The van der Waals surface area contributed by atoms with Gasteiger partial charge in [0.15, 0.2) is 0 Å². The molecule has 4 rings (SSSR count). The number of nitrogens with one attached hydrogen (secondary N) is 3. The van der Waals surface area contributed by atoms with Gasteiger partial charge in [0.2, 0.25) is 11.8 Å². The van der Waals surface area contributed by atoms with E-state index in [-0.39, 0.29) is 83.9 Å². The predicted octanol–water partition coefficient (Wildman–Crippen LogP) is 4.81. The summed E-state index contributed by atoms with van der Waals surface area (Å²) in [5.41, 5.74) is 5.25. The zero-order valence-electron chi connectivity index (χ0n) is 30.6. The predicted molar refractivity (Wildman–Crippen MR) is 204 cm³/mol. The molecule has 0 spiro atoms. The molecule has 54 heavy (non-hydrogen) atoms. The average Bonchev–Trinajstić information content (AvgIpc) is 3.51. The number of carbonyl (C=O) groups is 4. The number of amides is 3. The number of esters is 1. The van der Waals surface area contributed by atoms with Gasteiger partial charge in [0.05, 0.1) is 45.0 Å². The van der Waals surface area contributed by atoms with Crippen LogP contribution in [-0.4, -0.2) is 87.3 Å². The normalized spacial score (nSPS) is 13.4. The van der Waals surface area contributed by atoms with Crippen LogP contribution in [0.4, 0.5) is 4.79 Å². The number of fused-ring (bicyclic) bond motifs is 3. The highest BCUT2D eigenvalue weighted by atomic mass is 16.6. The quantitative estimate of drug-likeness (QED) is 0.0574. The van der Waals surface area contributed by atoms with Crippen LogP contribution >= 0.6 is 0 Å². The van der Waals surface area contributed by atoms with Gasteiger partial charge >= 0.3 is 12.1 Å². The van der Waals surface area contributed by atoms with Crippen LogP contribution in [0.3, 0.4) is 0 Å². The van der Waals surface area contributed by atoms with Gasteiger partial charge in [0, 0.05) is 18.9 Å². The van der Waals surface area contributed by atoms with E-state index in [1.807, 2.05) is 78.9 Å². The third kappa shape index (κ3) is 13.0. The van der Waals surface area contributed by atoms with E-state index in [1.165, 1.54) is 0 Å². The first kappa shape index (κ1) is 41.5. The van der Waals surface area contributed by atoms with Crippen LogP contribution in [0, 0.1) is 5.92 Å². The fourth-order valence-corrected chi connectivity index (χ4v) is 6.15. The van der Waals surface area contributed by atoms with Gasteiger partial charge in [-0.1, -0.05) is 91.0 Å². The number of hydrogen-bond donors (Lipinski definition) is 4. The molecular formula is C42H51N3O9. The minimum atomic E-state index is -1.04. The molecule has 3 aromatic rings. The lowest BCUT2D eigenvalue weighted by Gasteiger charge is -2.24. The Hall–Kier alpha value is -5.30. The van der Waals surface area contributed by atoms with Crippen molar-refractivity contribution in [2.45, 2.75) is 50.3 Å². The van der Waals surface area contributed by atoms with Crippen LogP contribution in [-0.2, 0) is 39.9 Å². The Morgan fingerprint density at radius 2 is 1.48 bits per heavy atom. The monoisotopic (exact) mass is 741 g/mol.